The van der Waals surface area contributed by atoms with E-state index in [2.05, 4.69) is 74.5 Å². The van der Waals surface area contributed by atoms with Crippen LogP contribution in [0.2, 0.25) is 0 Å². The van der Waals surface area contributed by atoms with E-state index in [0.29, 0.717) is 0 Å². The Morgan fingerprint density at radius 3 is 2.06 bits per heavy atom. The third-order valence-electron chi connectivity index (χ3n) is 3.32. The minimum Gasteiger partial charge on any atom is -0.143 e. The maximum atomic E-state index is 4.65. The van der Waals surface area contributed by atoms with Crippen LogP contribution in [0.5, 0.6) is 0 Å². The summed E-state index contributed by atoms with van der Waals surface area (Å²) in [5.41, 5.74) is 0. The van der Waals surface area contributed by atoms with E-state index in [1.54, 1.807) is 0 Å². The molecule has 0 aromatic heterocycles. The minimum atomic E-state index is -0.115. The van der Waals surface area contributed by atoms with Crippen molar-refractivity contribution in [2.45, 2.75) is 4.90 Å². The van der Waals surface area contributed by atoms with Gasteiger partial charge < -0.3 is 0 Å². The Morgan fingerprint density at radius 2 is 1.39 bits per heavy atom. The summed E-state index contributed by atoms with van der Waals surface area (Å²) < 4.78 is 0. The van der Waals surface area contributed by atoms with E-state index in [1.807, 2.05) is 0 Å². The van der Waals surface area contributed by atoms with Crippen LogP contribution in [0.1, 0.15) is 0 Å². The number of hydrogen-bond acceptors (Lipinski definition) is 1. The Balaban J connectivity index is 2.59. The molecule has 0 nitrogen and oxygen atoms in total. The molecule has 0 saturated heterocycles. The highest BCUT2D eigenvalue weighted by Crippen LogP contribution is 2.35. The van der Waals surface area contributed by atoms with E-state index in [1.165, 1.54) is 26.8 Å². The van der Waals surface area contributed by atoms with Gasteiger partial charge >= 0.3 is 0 Å². The van der Waals surface area contributed by atoms with Crippen molar-refractivity contribution in [3.63, 3.8) is 0 Å². The lowest BCUT2D eigenvalue weighted by atomic mass is 10.0. The minimum absolute atomic E-state index is 0.115. The number of hydrogen-bond donors (Lipinski definition) is 1. The predicted molar refractivity (Wildman–Crippen MR) is 87.1 cm³/mol. The summed E-state index contributed by atoms with van der Waals surface area (Å²) in [4.78, 5) is 1.07. The first-order valence-electron chi connectivity index (χ1n) is 5.99. The van der Waals surface area contributed by atoms with E-state index in [9.17, 15) is 0 Å². The molecule has 0 N–H and O–H groups in total. The molecule has 0 amide bonds. The Labute approximate surface area is 114 Å². The fourth-order valence-electron chi connectivity index (χ4n) is 2.49. The molecule has 3 aromatic carbocycles. The SMILES string of the molecule is CP(C)c1cccc2ccc3cccc(S)c3c12. The predicted octanol–water partition coefficient (Wildman–Crippen LogP) is 4.65. The quantitative estimate of drug-likeness (QED) is 0.371. The van der Waals surface area contributed by atoms with Crippen LogP contribution in [0.4, 0.5) is 0 Å². The molecule has 0 saturated carbocycles. The lowest BCUT2D eigenvalue weighted by Crippen LogP contribution is -2.01. The molecule has 0 aliphatic heterocycles. The molecular formula is C16H15PS. The fourth-order valence-corrected chi connectivity index (χ4v) is 3.89. The Bertz CT molecular complexity index is 732. The Morgan fingerprint density at radius 1 is 0.778 bits per heavy atom. The molecule has 2 heteroatoms. The maximum Gasteiger partial charge on any atom is 0.0125 e. The summed E-state index contributed by atoms with van der Waals surface area (Å²) in [5, 5.41) is 6.74. The molecule has 3 rings (SSSR count). The van der Waals surface area contributed by atoms with Gasteiger partial charge in [-0.05, 0) is 40.9 Å². The third kappa shape index (κ3) is 1.83. The zero-order valence-corrected chi connectivity index (χ0v) is 12.3. The van der Waals surface area contributed by atoms with Gasteiger partial charge in [-0.25, -0.2) is 0 Å². The molecule has 0 bridgehead atoms. The highest BCUT2D eigenvalue weighted by Gasteiger charge is 2.09. The lowest BCUT2D eigenvalue weighted by molar-refractivity contribution is 1.58. The van der Waals surface area contributed by atoms with Crippen molar-refractivity contribution in [2.75, 3.05) is 13.3 Å². The summed E-state index contributed by atoms with van der Waals surface area (Å²) >= 11 is 4.65. The number of thiol groups is 1. The van der Waals surface area contributed by atoms with Gasteiger partial charge in [0.25, 0.3) is 0 Å². The molecule has 0 radical (unpaired) electrons. The average molecular weight is 270 g/mol. The summed E-state index contributed by atoms with van der Waals surface area (Å²) in [5.74, 6) is 0. The van der Waals surface area contributed by atoms with Crippen LogP contribution in [-0.4, -0.2) is 13.3 Å². The first-order chi connectivity index (χ1) is 8.68. The number of fused-ring (bicyclic) bond motifs is 3. The molecule has 0 unspecified atom stereocenters. The average Bonchev–Trinajstić information content (AvgIpc) is 2.37. The van der Waals surface area contributed by atoms with E-state index >= 15 is 0 Å². The monoisotopic (exact) mass is 270 g/mol. The van der Waals surface area contributed by atoms with Gasteiger partial charge in [0.05, 0.1) is 0 Å². The summed E-state index contributed by atoms with van der Waals surface area (Å²) in [6, 6.07) is 17.3. The highest BCUT2D eigenvalue weighted by molar-refractivity contribution is 7.80. The van der Waals surface area contributed by atoms with Crippen LogP contribution in [0, 0.1) is 0 Å². The second kappa shape index (κ2) is 4.57. The van der Waals surface area contributed by atoms with Gasteiger partial charge in [0.15, 0.2) is 0 Å². The van der Waals surface area contributed by atoms with E-state index in [0.717, 1.165) is 4.90 Å². The van der Waals surface area contributed by atoms with Gasteiger partial charge in [-0.3, -0.25) is 0 Å². The van der Waals surface area contributed by atoms with Crippen molar-refractivity contribution in [1.82, 2.24) is 0 Å². The zero-order chi connectivity index (χ0) is 12.7. The molecule has 3 aromatic rings. The van der Waals surface area contributed by atoms with Crippen molar-refractivity contribution in [2.24, 2.45) is 0 Å². The lowest BCUT2D eigenvalue weighted by Gasteiger charge is -2.14. The van der Waals surface area contributed by atoms with Crippen LogP contribution in [0.3, 0.4) is 0 Å². The topological polar surface area (TPSA) is 0 Å². The summed E-state index contributed by atoms with van der Waals surface area (Å²) in [6.07, 6.45) is 0. The van der Waals surface area contributed by atoms with Crippen LogP contribution in [0.25, 0.3) is 21.5 Å². The van der Waals surface area contributed by atoms with E-state index in [-0.39, 0.29) is 7.92 Å². The van der Waals surface area contributed by atoms with Gasteiger partial charge in [-0.2, -0.15) is 0 Å². The second-order valence-electron chi connectivity index (χ2n) is 4.71. The van der Waals surface area contributed by atoms with Crippen LogP contribution in [-0.2, 0) is 0 Å². The van der Waals surface area contributed by atoms with Gasteiger partial charge in [0.2, 0.25) is 0 Å². The summed E-state index contributed by atoms with van der Waals surface area (Å²) in [7, 11) is -0.115. The molecule has 0 aliphatic carbocycles. The molecule has 0 spiro atoms. The number of rotatable bonds is 1. The molecule has 0 fully saturated rings. The first kappa shape index (κ1) is 12.0. The van der Waals surface area contributed by atoms with Gasteiger partial charge in [0.1, 0.15) is 0 Å². The third-order valence-corrected chi connectivity index (χ3v) is 5.03. The smallest absolute Gasteiger partial charge is 0.0125 e. The molecule has 18 heavy (non-hydrogen) atoms. The molecule has 0 heterocycles. The standard InChI is InChI=1S/C16H15PS/c1-17(2)13-7-3-5-11-9-10-12-6-4-8-14(18)16(12)15(11)13/h3-10,18H,1-2H3. The number of benzene rings is 3. The molecular weight excluding hydrogens is 255 g/mol. The molecule has 0 aliphatic rings. The fraction of sp³-hybridized carbons (Fsp3) is 0.125. The van der Waals surface area contributed by atoms with Gasteiger partial charge in [-0.15, -0.1) is 12.6 Å². The van der Waals surface area contributed by atoms with E-state index in [4.69, 9.17) is 0 Å². The molecule has 0 atom stereocenters. The van der Waals surface area contributed by atoms with Crippen LogP contribution in [0.15, 0.2) is 53.4 Å². The van der Waals surface area contributed by atoms with Crippen molar-refractivity contribution < 1.29 is 0 Å². The maximum absolute atomic E-state index is 4.65. The van der Waals surface area contributed by atoms with Crippen molar-refractivity contribution in [3.05, 3.63) is 48.5 Å². The van der Waals surface area contributed by atoms with Crippen molar-refractivity contribution in [1.29, 1.82) is 0 Å². The van der Waals surface area contributed by atoms with Crippen molar-refractivity contribution >= 4 is 47.4 Å². The first-order valence-corrected chi connectivity index (χ1v) is 8.67. The highest BCUT2D eigenvalue weighted by atomic mass is 32.1. The van der Waals surface area contributed by atoms with Gasteiger partial charge in [0, 0.05) is 10.3 Å². The normalized spacial score (nSPS) is 11.6. The second-order valence-corrected chi connectivity index (χ2v) is 7.46. The van der Waals surface area contributed by atoms with E-state index < -0.39 is 0 Å². The van der Waals surface area contributed by atoms with Crippen LogP contribution < -0.4 is 5.30 Å². The van der Waals surface area contributed by atoms with Crippen molar-refractivity contribution in [3.8, 4) is 0 Å². The zero-order valence-electron chi connectivity index (χ0n) is 10.5. The summed E-state index contributed by atoms with van der Waals surface area (Å²) in [6.45, 7) is 4.62. The Hall–Kier alpha value is -1.04. The Kier molecular flexibility index (Phi) is 3.05. The van der Waals surface area contributed by atoms with Gasteiger partial charge in [-0.1, -0.05) is 50.4 Å². The largest absolute Gasteiger partial charge is 0.143 e. The molecule has 90 valence electrons. The van der Waals surface area contributed by atoms with Crippen LogP contribution >= 0.6 is 20.6 Å².